The molecule has 3 unspecified atom stereocenters. The topological polar surface area (TPSA) is 136 Å². The minimum Gasteiger partial charge on any atom is -0.394 e. The molecule has 10 nitrogen and oxygen atoms in total. The standard InChI is InChI=1S/C10H22O6.C9H20O4/c11-1-3-13-5-7-15-9-10-16-8-6-14-4-2-12;1-7(11)5-12-9(3)6-13-8(2)4-10/h11-12H,1-10H2;7-11H,4-6H2,1-3H3. The summed E-state index contributed by atoms with van der Waals surface area (Å²) in [5.41, 5.74) is 0. The first-order valence-corrected chi connectivity index (χ1v) is 10.0. The maximum atomic E-state index is 8.92. The molecule has 4 N–H and O–H groups in total. The Bertz CT molecular complexity index is 280. The smallest absolute Gasteiger partial charge is 0.0781 e. The molecule has 0 saturated heterocycles. The summed E-state index contributed by atoms with van der Waals surface area (Å²) in [4.78, 5) is 0. The summed E-state index contributed by atoms with van der Waals surface area (Å²) >= 11 is 0. The lowest BCUT2D eigenvalue weighted by Gasteiger charge is -2.16. The highest BCUT2D eigenvalue weighted by Gasteiger charge is 2.07. The molecule has 0 spiro atoms. The zero-order valence-electron chi connectivity index (χ0n) is 18.2. The van der Waals surface area contributed by atoms with Crippen molar-refractivity contribution in [2.24, 2.45) is 0 Å². The van der Waals surface area contributed by atoms with Crippen LogP contribution < -0.4 is 0 Å². The molecule has 0 aromatic rings. The molecule has 3 atom stereocenters. The molecule has 0 aliphatic carbocycles. The largest absolute Gasteiger partial charge is 0.394 e. The first kappa shape index (κ1) is 30.8. The molecule has 0 aliphatic rings. The zero-order valence-corrected chi connectivity index (χ0v) is 18.2. The van der Waals surface area contributed by atoms with Crippen molar-refractivity contribution in [2.75, 3.05) is 85.9 Å². The van der Waals surface area contributed by atoms with Crippen molar-refractivity contribution < 1.29 is 48.8 Å². The summed E-state index contributed by atoms with van der Waals surface area (Å²) in [5, 5.41) is 34.4. The lowest BCUT2D eigenvalue weighted by atomic mass is 10.4. The molecule has 0 aromatic carbocycles. The van der Waals surface area contributed by atoms with Crippen LogP contribution in [-0.2, 0) is 28.4 Å². The van der Waals surface area contributed by atoms with Gasteiger partial charge in [-0.3, -0.25) is 0 Å². The Morgan fingerprint density at radius 1 is 0.552 bits per heavy atom. The Balaban J connectivity index is 0. The van der Waals surface area contributed by atoms with E-state index < -0.39 is 6.10 Å². The third-order valence-electron chi connectivity index (χ3n) is 3.08. The number of rotatable bonds is 20. The van der Waals surface area contributed by atoms with Crippen LogP contribution in [-0.4, -0.2) is 125 Å². The SMILES string of the molecule is CC(O)COC(C)COC(C)CO.OCCOCCOCCOCCOCCO. The molecule has 29 heavy (non-hydrogen) atoms. The fraction of sp³-hybridized carbons (Fsp3) is 1.00. The van der Waals surface area contributed by atoms with E-state index in [2.05, 4.69) is 0 Å². The van der Waals surface area contributed by atoms with E-state index in [1.165, 1.54) is 0 Å². The second-order valence-corrected chi connectivity index (χ2v) is 6.22. The molecule has 0 fully saturated rings. The van der Waals surface area contributed by atoms with Gasteiger partial charge in [0, 0.05) is 0 Å². The van der Waals surface area contributed by atoms with Gasteiger partial charge < -0.3 is 48.8 Å². The summed E-state index contributed by atoms with van der Waals surface area (Å²) in [6.45, 7) is 9.89. The van der Waals surface area contributed by atoms with Gasteiger partial charge in [0.2, 0.25) is 0 Å². The predicted molar refractivity (Wildman–Crippen MR) is 107 cm³/mol. The highest BCUT2D eigenvalue weighted by Crippen LogP contribution is 1.97. The molecular weight excluding hydrogens is 388 g/mol. The Hall–Kier alpha value is -0.400. The molecule has 0 amide bonds. The van der Waals surface area contributed by atoms with Crippen LogP contribution in [0.3, 0.4) is 0 Å². The monoisotopic (exact) mass is 430 g/mol. The minimum atomic E-state index is -0.447. The van der Waals surface area contributed by atoms with E-state index in [4.69, 9.17) is 48.8 Å². The van der Waals surface area contributed by atoms with Gasteiger partial charge >= 0.3 is 0 Å². The van der Waals surface area contributed by atoms with E-state index >= 15 is 0 Å². The van der Waals surface area contributed by atoms with Crippen LogP contribution in [0, 0.1) is 0 Å². The average Bonchev–Trinajstić information content (AvgIpc) is 2.71. The minimum absolute atomic E-state index is 0.0170. The summed E-state index contributed by atoms with van der Waals surface area (Å²) in [6, 6.07) is 0. The molecule has 0 bridgehead atoms. The molecule has 178 valence electrons. The Kier molecular flexibility index (Phi) is 27.2. The van der Waals surface area contributed by atoms with Crippen LogP contribution in [0.1, 0.15) is 20.8 Å². The number of ether oxygens (including phenoxy) is 6. The predicted octanol–water partition coefficient (Wildman–Crippen LogP) is -0.793. The first-order chi connectivity index (χ1) is 14.0. The van der Waals surface area contributed by atoms with Crippen LogP contribution in [0.4, 0.5) is 0 Å². The average molecular weight is 431 g/mol. The van der Waals surface area contributed by atoms with Crippen LogP contribution in [0.2, 0.25) is 0 Å². The highest BCUT2D eigenvalue weighted by molar-refractivity contribution is 4.53. The Morgan fingerprint density at radius 2 is 0.931 bits per heavy atom. The van der Waals surface area contributed by atoms with Gasteiger partial charge in [-0.2, -0.15) is 0 Å². The number of aliphatic hydroxyl groups excluding tert-OH is 4. The second-order valence-electron chi connectivity index (χ2n) is 6.22. The van der Waals surface area contributed by atoms with Crippen LogP contribution in [0.15, 0.2) is 0 Å². The molecular formula is C19H42O10. The maximum Gasteiger partial charge on any atom is 0.0781 e. The molecule has 0 aromatic heterocycles. The summed E-state index contributed by atoms with van der Waals surface area (Å²) in [5.74, 6) is 0. The second kappa shape index (κ2) is 25.6. The van der Waals surface area contributed by atoms with Gasteiger partial charge in [0.15, 0.2) is 0 Å². The lowest BCUT2D eigenvalue weighted by molar-refractivity contribution is -0.0620. The van der Waals surface area contributed by atoms with Crippen molar-refractivity contribution in [2.45, 2.75) is 39.1 Å². The fourth-order valence-corrected chi connectivity index (χ4v) is 1.60. The quantitative estimate of drug-likeness (QED) is 0.182. The van der Waals surface area contributed by atoms with E-state index in [-0.39, 0.29) is 32.0 Å². The highest BCUT2D eigenvalue weighted by atomic mass is 16.6. The van der Waals surface area contributed by atoms with E-state index in [9.17, 15) is 0 Å². The van der Waals surface area contributed by atoms with Crippen LogP contribution in [0.5, 0.6) is 0 Å². The van der Waals surface area contributed by atoms with Crippen molar-refractivity contribution in [3.05, 3.63) is 0 Å². The van der Waals surface area contributed by atoms with Gasteiger partial charge in [0.25, 0.3) is 0 Å². The van der Waals surface area contributed by atoms with Gasteiger partial charge in [0.05, 0.1) is 104 Å². The van der Waals surface area contributed by atoms with Gasteiger partial charge in [0.1, 0.15) is 0 Å². The molecule has 0 radical (unpaired) electrons. The van der Waals surface area contributed by atoms with Gasteiger partial charge in [-0.25, -0.2) is 0 Å². The summed E-state index contributed by atoms with van der Waals surface area (Å²) in [6.07, 6.45) is -0.654. The third kappa shape index (κ3) is 29.9. The molecule has 0 heterocycles. The number of hydrogen-bond donors (Lipinski definition) is 4. The van der Waals surface area contributed by atoms with E-state index in [1.54, 1.807) is 13.8 Å². The van der Waals surface area contributed by atoms with Crippen molar-refractivity contribution in [3.8, 4) is 0 Å². The third-order valence-corrected chi connectivity index (χ3v) is 3.08. The van der Waals surface area contributed by atoms with Crippen molar-refractivity contribution >= 4 is 0 Å². The van der Waals surface area contributed by atoms with E-state index in [0.29, 0.717) is 66.1 Å². The molecule has 10 heteroatoms. The van der Waals surface area contributed by atoms with Crippen molar-refractivity contribution in [1.82, 2.24) is 0 Å². The number of aliphatic hydroxyl groups is 4. The lowest BCUT2D eigenvalue weighted by Crippen LogP contribution is -2.24. The van der Waals surface area contributed by atoms with Gasteiger partial charge in [-0.1, -0.05) is 0 Å². The van der Waals surface area contributed by atoms with E-state index in [1.807, 2.05) is 6.92 Å². The van der Waals surface area contributed by atoms with Gasteiger partial charge in [-0.15, -0.1) is 0 Å². The normalized spacial score (nSPS) is 14.2. The summed E-state index contributed by atoms with van der Waals surface area (Å²) < 4.78 is 30.9. The number of hydrogen-bond acceptors (Lipinski definition) is 10. The summed E-state index contributed by atoms with van der Waals surface area (Å²) in [7, 11) is 0. The van der Waals surface area contributed by atoms with Gasteiger partial charge in [-0.05, 0) is 20.8 Å². The molecule has 0 rings (SSSR count). The van der Waals surface area contributed by atoms with Crippen LogP contribution >= 0.6 is 0 Å². The van der Waals surface area contributed by atoms with Crippen molar-refractivity contribution in [1.29, 1.82) is 0 Å². The van der Waals surface area contributed by atoms with E-state index in [0.717, 1.165) is 0 Å². The zero-order chi connectivity index (χ0) is 22.2. The Morgan fingerprint density at radius 3 is 1.28 bits per heavy atom. The molecule has 0 saturated carbocycles. The Labute approximate surface area is 174 Å². The van der Waals surface area contributed by atoms with Crippen LogP contribution in [0.25, 0.3) is 0 Å². The maximum absolute atomic E-state index is 8.92. The fourth-order valence-electron chi connectivity index (χ4n) is 1.60. The molecule has 0 aliphatic heterocycles. The first-order valence-electron chi connectivity index (χ1n) is 10.0. The van der Waals surface area contributed by atoms with Crippen molar-refractivity contribution in [3.63, 3.8) is 0 Å².